The SMILES string of the molecule is COc1ccc([C@H](NC(=O)Oc2ccc3cnc(NC4CCOCC4)nc3c2)c2cnn(C)c2)cc1Cl. The molecule has 4 aromatic rings. The van der Waals surface area contributed by atoms with Crippen LogP contribution >= 0.6 is 11.6 Å². The summed E-state index contributed by atoms with van der Waals surface area (Å²) in [7, 11) is 3.36. The number of rotatable bonds is 7. The molecular weight excluding hydrogens is 496 g/mol. The van der Waals surface area contributed by atoms with Gasteiger partial charge in [-0.1, -0.05) is 17.7 Å². The van der Waals surface area contributed by atoms with Gasteiger partial charge in [0.25, 0.3) is 0 Å². The molecule has 1 aliphatic rings. The second-order valence-corrected chi connectivity index (χ2v) is 9.16. The molecule has 192 valence electrons. The van der Waals surface area contributed by atoms with E-state index < -0.39 is 12.1 Å². The summed E-state index contributed by atoms with van der Waals surface area (Å²) < 4.78 is 18.0. The molecule has 0 radical (unpaired) electrons. The summed E-state index contributed by atoms with van der Waals surface area (Å²) in [4.78, 5) is 22.0. The third-order valence-corrected chi connectivity index (χ3v) is 6.44. The minimum Gasteiger partial charge on any atom is -0.495 e. The highest BCUT2D eigenvalue weighted by Crippen LogP contribution is 2.30. The molecule has 1 amide bonds. The second-order valence-electron chi connectivity index (χ2n) is 8.75. The first-order chi connectivity index (χ1) is 18.0. The summed E-state index contributed by atoms with van der Waals surface area (Å²) in [5.74, 6) is 1.44. The Bertz CT molecular complexity index is 1410. The van der Waals surface area contributed by atoms with Crippen LogP contribution in [0.5, 0.6) is 11.5 Å². The van der Waals surface area contributed by atoms with Crippen LogP contribution in [0.15, 0.2) is 55.0 Å². The summed E-state index contributed by atoms with van der Waals surface area (Å²) in [5.41, 5.74) is 2.20. The summed E-state index contributed by atoms with van der Waals surface area (Å²) in [6.07, 6.45) is 6.44. The van der Waals surface area contributed by atoms with E-state index in [1.165, 1.54) is 0 Å². The number of fused-ring (bicyclic) bond motifs is 1. The van der Waals surface area contributed by atoms with Gasteiger partial charge in [0.1, 0.15) is 11.5 Å². The first-order valence-corrected chi connectivity index (χ1v) is 12.3. The number of benzene rings is 2. The Kier molecular flexibility index (Phi) is 7.38. The molecule has 0 bridgehead atoms. The molecule has 5 rings (SSSR count). The highest BCUT2D eigenvalue weighted by atomic mass is 35.5. The fourth-order valence-corrected chi connectivity index (χ4v) is 4.49. The fraction of sp³-hybridized carbons (Fsp3) is 0.308. The molecule has 2 aromatic heterocycles. The number of hydrogen-bond donors (Lipinski definition) is 2. The fourth-order valence-electron chi connectivity index (χ4n) is 4.23. The molecule has 0 unspecified atom stereocenters. The molecule has 10 nitrogen and oxygen atoms in total. The lowest BCUT2D eigenvalue weighted by Crippen LogP contribution is -2.31. The number of ether oxygens (including phenoxy) is 3. The number of amides is 1. The molecule has 2 N–H and O–H groups in total. The molecule has 37 heavy (non-hydrogen) atoms. The topological polar surface area (TPSA) is 112 Å². The number of aromatic nitrogens is 4. The van der Waals surface area contributed by atoms with Crippen LogP contribution in [0.3, 0.4) is 0 Å². The van der Waals surface area contributed by atoms with Crippen LogP contribution in [-0.2, 0) is 11.8 Å². The molecule has 1 saturated heterocycles. The Balaban J connectivity index is 1.33. The maximum Gasteiger partial charge on any atom is 0.413 e. The lowest BCUT2D eigenvalue weighted by molar-refractivity contribution is 0.0903. The van der Waals surface area contributed by atoms with Crippen molar-refractivity contribution in [1.29, 1.82) is 0 Å². The van der Waals surface area contributed by atoms with Gasteiger partial charge in [-0.05, 0) is 42.7 Å². The highest BCUT2D eigenvalue weighted by Gasteiger charge is 2.21. The maximum absolute atomic E-state index is 13.0. The van der Waals surface area contributed by atoms with Gasteiger partial charge in [-0.15, -0.1) is 0 Å². The molecule has 3 heterocycles. The number of carbonyl (C=O) groups excluding carboxylic acids is 1. The summed E-state index contributed by atoms with van der Waals surface area (Å²) in [5, 5.41) is 11.8. The van der Waals surface area contributed by atoms with Gasteiger partial charge in [0.2, 0.25) is 5.95 Å². The first kappa shape index (κ1) is 24.8. The second kappa shape index (κ2) is 11.0. The van der Waals surface area contributed by atoms with E-state index in [1.54, 1.807) is 48.5 Å². The number of nitrogens with zero attached hydrogens (tertiary/aromatic N) is 4. The van der Waals surface area contributed by atoms with E-state index in [0.29, 0.717) is 28.0 Å². The number of aryl methyl sites for hydroxylation is 1. The quantitative estimate of drug-likeness (QED) is 0.365. The van der Waals surface area contributed by atoms with Crippen LogP contribution in [-0.4, -0.2) is 52.2 Å². The Labute approximate surface area is 218 Å². The zero-order valence-corrected chi connectivity index (χ0v) is 21.2. The zero-order valence-electron chi connectivity index (χ0n) is 20.5. The Morgan fingerprint density at radius 1 is 1.16 bits per heavy atom. The van der Waals surface area contributed by atoms with E-state index >= 15 is 0 Å². The molecule has 1 atom stereocenters. The minimum absolute atomic E-state index is 0.271. The number of hydrogen-bond acceptors (Lipinski definition) is 8. The molecule has 0 saturated carbocycles. The van der Waals surface area contributed by atoms with Crippen LogP contribution in [0.25, 0.3) is 10.9 Å². The van der Waals surface area contributed by atoms with Crippen molar-refractivity contribution in [1.82, 2.24) is 25.1 Å². The Morgan fingerprint density at radius 2 is 2.00 bits per heavy atom. The molecule has 1 aliphatic heterocycles. The van der Waals surface area contributed by atoms with Crippen molar-refractivity contribution in [2.45, 2.75) is 24.9 Å². The third kappa shape index (κ3) is 5.92. The van der Waals surface area contributed by atoms with Crippen molar-refractivity contribution in [2.75, 3.05) is 25.6 Å². The van der Waals surface area contributed by atoms with E-state index in [2.05, 4.69) is 25.7 Å². The average Bonchev–Trinajstić information content (AvgIpc) is 3.33. The van der Waals surface area contributed by atoms with Gasteiger partial charge in [-0.25, -0.2) is 14.8 Å². The van der Waals surface area contributed by atoms with E-state index in [-0.39, 0.29) is 6.04 Å². The molecule has 1 fully saturated rings. The van der Waals surface area contributed by atoms with Gasteiger partial charge in [0.15, 0.2) is 0 Å². The number of carbonyl (C=O) groups is 1. The van der Waals surface area contributed by atoms with Crippen molar-refractivity contribution >= 4 is 34.5 Å². The molecule has 2 aromatic carbocycles. The predicted molar refractivity (Wildman–Crippen MR) is 139 cm³/mol. The molecular formula is C26H27ClN6O4. The molecule has 0 spiro atoms. The van der Waals surface area contributed by atoms with Gasteiger partial charge >= 0.3 is 6.09 Å². The van der Waals surface area contributed by atoms with E-state index in [1.807, 2.05) is 25.4 Å². The largest absolute Gasteiger partial charge is 0.495 e. The first-order valence-electron chi connectivity index (χ1n) is 11.9. The minimum atomic E-state index is -0.630. The number of anilines is 1. The lowest BCUT2D eigenvalue weighted by atomic mass is 10.0. The van der Waals surface area contributed by atoms with Crippen molar-refractivity contribution < 1.29 is 19.0 Å². The van der Waals surface area contributed by atoms with Crippen LogP contribution in [0.2, 0.25) is 5.02 Å². The van der Waals surface area contributed by atoms with Crippen LogP contribution in [0, 0.1) is 0 Å². The third-order valence-electron chi connectivity index (χ3n) is 6.15. The van der Waals surface area contributed by atoms with Gasteiger partial charge < -0.3 is 24.8 Å². The number of methoxy groups -OCH3 is 1. The normalized spacial score (nSPS) is 14.8. The monoisotopic (exact) mass is 522 g/mol. The Hall–Kier alpha value is -3.89. The number of nitrogens with one attached hydrogen (secondary N) is 2. The van der Waals surface area contributed by atoms with Crippen molar-refractivity contribution in [3.05, 3.63) is 71.1 Å². The molecule has 0 aliphatic carbocycles. The van der Waals surface area contributed by atoms with Crippen LogP contribution in [0.1, 0.15) is 30.0 Å². The van der Waals surface area contributed by atoms with E-state index in [0.717, 1.165) is 42.6 Å². The van der Waals surface area contributed by atoms with Crippen LogP contribution < -0.4 is 20.1 Å². The van der Waals surface area contributed by atoms with Gasteiger partial charge in [-0.2, -0.15) is 5.10 Å². The highest BCUT2D eigenvalue weighted by molar-refractivity contribution is 6.32. The van der Waals surface area contributed by atoms with Crippen molar-refractivity contribution in [3.63, 3.8) is 0 Å². The van der Waals surface area contributed by atoms with Gasteiger partial charge in [-0.3, -0.25) is 4.68 Å². The molecule has 11 heteroatoms. The van der Waals surface area contributed by atoms with E-state index in [9.17, 15) is 4.79 Å². The zero-order chi connectivity index (χ0) is 25.8. The standard InChI is InChI=1S/C26H27ClN6O4/c1-33-15-18(14-29-33)24(16-4-6-23(35-2)21(27)11-16)32-26(34)37-20-5-3-17-13-28-25(31-22(17)12-20)30-19-7-9-36-10-8-19/h3-6,11-15,19,24H,7-10H2,1-2H3,(H,32,34)(H,28,30,31)/t24-/m0/s1. The van der Waals surface area contributed by atoms with Gasteiger partial charge in [0, 0.05) is 55.7 Å². The maximum atomic E-state index is 13.0. The average molecular weight is 523 g/mol. The smallest absolute Gasteiger partial charge is 0.413 e. The van der Waals surface area contributed by atoms with Crippen LogP contribution in [0.4, 0.5) is 10.7 Å². The van der Waals surface area contributed by atoms with E-state index in [4.69, 9.17) is 25.8 Å². The lowest BCUT2D eigenvalue weighted by Gasteiger charge is -2.23. The van der Waals surface area contributed by atoms with Crippen molar-refractivity contribution in [2.24, 2.45) is 7.05 Å². The summed E-state index contributed by atoms with van der Waals surface area (Å²) >= 11 is 6.35. The Morgan fingerprint density at radius 3 is 2.73 bits per heavy atom. The predicted octanol–water partition coefficient (Wildman–Crippen LogP) is 4.49. The van der Waals surface area contributed by atoms with Crippen molar-refractivity contribution in [3.8, 4) is 11.5 Å². The number of halogens is 1. The summed E-state index contributed by atoms with van der Waals surface area (Å²) in [6, 6.07) is 10.3. The van der Waals surface area contributed by atoms with Gasteiger partial charge in [0.05, 0.1) is 29.9 Å². The summed E-state index contributed by atoms with van der Waals surface area (Å²) in [6.45, 7) is 1.45.